The van der Waals surface area contributed by atoms with Gasteiger partial charge in [0.15, 0.2) is 5.78 Å². The second-order valence-electron chi connectivity index (χ2n) is 4.41. The molecule has 19 heavy (non-hydrogen) atoms. The quantitative estimate of drug-likeness (QED) is 0.685. The van der Waals surface area contributed by atoms with Crippen molar-refractivity contribution in [3.05, 3.63) is 63.9 Å². The van der Waals surface area contributed by atoms with E-state index >= 15 is 0 Å². The molecule has 0 saturated carbocycles. The smallest absolute Gasteiger partial charge is 0.167 e. The maximum Gasteiger partial charge on any atom is 0.167 e. The number of nitrogen functional groups attached to an aromatic ring is 1. The zero-order chi connectivity index (χ0) is 14.0. The van der Waals surface area contributed by atoms with E-state index in [2.05, 4.69) is 0 Å². The first-order valence-corrected chi connectivity index (χ1v) is 6.18. The lowest BCUT2D eigenvalue weighted by Crippen LogP contribution is -2.05. The van der Waals surface area contributed by atoms with Crippen molar-refractivity contribution in [3.63, 3.8) is 0 Å². The molecule has 0 amide bonds. The molecule has 2 rings (SSSR count). The average Bonchev–Trinajstić information content (AvgIpc) is 2.36. The molecule has 2 N–H and O–H groups in total. The Hall–Kier alpha value is -1.87. The Balaban J connectivity index is 2.23. The highest BCUT2D eigenvalue weighted by atomic mass is 35.5. The van der Waals surface area contributed by atoms with Crippen molar-refractivity contribution in [2.45, 2.75) is 13.3 Å². The number of carbonyl (C=O) groups excluding carboxylic acids is 1. The lowest BCUT2D eigenvalue weighted by molar-refractivity contribution is 0.0993. The third-order valence-corrected chi connectivity index (χ3v) is 3.31. The van der Waals surface area contributed by atoms with Gasteiger partial charge < -0.3 is 5.73 Å². The molecule has 2 aromatic carbocycles. The maximum absolute atomic E-state index is 12.9. The van der Waals surface area contributed by atoms with Crippen LogP contribution in [0.3, 0.4) is 0 Å². The van der Waals surface area contributed by atoms with Gasteiger partial charge in [-0.1, -0.05) is 17.7 Å². The van der Waals surface area contributed by atoms with Gasteiger partial charge in [-0.15, -0.1) is 0 Å². The minimum Gasteiger partial charge on any atom is -0.399 e. The summed E-state index contributed by atoms with van der Waals surface area (Å²) in [4.78, 5) is 12.1. The molecule has 0 aromatic heterocycles. The summed E-state index contributed by atoms with van der Waals surface area (Å²) in [5.74, 6) is -0.485. The standard InChI is InChI=1S/C15H13ClFNO/c1-9-6-11(3-5-14(9)18)15(19)7-10-2-4-12(17)8-13(10)16/h2-6,8H,7,18H2,1H3. The largest absolute Gasteiger partial charge is 0.399 e. The van der Waals surface area contributed by atoms with Crippen LogP contribution in [0.25, 0.3) is 0 Å². The average molecular weight is 278 g/mol. The topological polar surface area (TPSA) is 43.1 Å². The van der Waals surface area contributed by atoms with Crippen molar-refractivity contribution in [1.82, 2.24) is 0 Å². The molecule has 0 aliphatic carbocycles. The molecule has 0 radical (unpaired) electrons. The SMILES string of the molecule is Cc1cc(C(=O)Cc2ccc(F)cc2Cl)ccc1N. The highest BCUT2D eigenvalue weighted by molar-refractivity contribution is 6.31. The van der Waals surface area contributed by atoms with E-state index in [1.54, 1.807) is 18.2 Å². The number of hydrogen-bond acceptors (Lipinski definition) is 2. The summed E-state index contributed by atoms with van der Waals surface area (Å²) >= 11 is 5.91. The number of halogens is 2. The van der Waals surface area contributed by atoms with Crippen LogP contribution in [-0.4, -0.2) is 5.78 Å². The predicted octanol–water partition coefficient (Wildman–Crippen LogP) is 3.80. The molecular weight excluding hydrogens is 265 g/mol. The summed E-state index contributed by atoms with van der Waals surface area (Å²) in [7, 11) is 0. The molecule has 2 nitrogen and oxygen atoms in total. The lowest BCUT2D eigenvalue weighted by atomic mass is 10.0. The van der Waals surface area contributed by atoms with Gasteiger partial charge in [-0.2, -0.15) is 0 Å². The fraction of sp³-hybridized carbons (Fsp3) is 0.133. The van der Waals surface area contributed by atoms with Crippen LogP contribution in [0.15, 0.2) is 36.4 Å². The summed E-state index contributed by atoms with van der Waals surface area (Å²) in [6.07, 6.45) is 0.141. The molecule has 0 atom stereocenters. The Morgan fingerprint density at radius 2 is 2.00 bits per heavy atom. The first-order valence-electron chi connectivity index (χ1n) is 5.80. The van der Waals surface area contributed by atoms with Gasteiger partial charge in [-0.05, 0) is 48.4 Å². The number of rotatable bonds is 3. The summed E-state index contributed by atoms with van der Waals surface area (Å²) in [6, 6.07) is 9.16. The van der Waals surface area contributed by atoms with Gasteiger partial charge in [-0.3, -0.25) is 4.79 Å². The highest BCUT2D eigenvalue weighted by Gasteiger charge is 2.11. The Morgan fingerprint density at radius 1 is 1.26 bits per heavy atom. The number of nitrogens with two attached hydrogens (primary N) is 1. The van der Waals surface area contributed by atoms with E-state index in [4.69, 9.17) is 17.3 Å². The van der Waals surface area contributed by atoms with Crippen LogP contribution in [0.5, 0.6) is 0 Å². The van der Waals surface area contributed by atoms with Crippen LogP contribution in [0, 0.1) is 12.7 Å². The molecule has 0 saturated heterocycles. The minimum atomic E-state index is -0.412. The van der Waals surface area contributed by atoms with Gasteiger partial charge >= 0.3 is 0 Å². The van der Waals surface area contributed by atoms with E-state index in [0.717, 1.165) is 5.56 Å². The van der Waals surface area contributed by atoms with Crippen molar-refractivity contribution in [1.29, 1.82) is 0 Å². The maximum atomic E-state index is 12.9. The number of hydrogen-bond donors (Lipinski definition) is 1. The first-order chi connectivity index (χ1) is 8.97. The molecule has 0 fully saturated rings. The fourth-order valence-corrected chi connectivity index (χ4v) is 2.02. The van der Waals surface area contributed by atoms with E-state index in [1.165, 1.54) is 18.2 Å². The Morgan fingerprint density at radius 3 is 2.63 bits per heavy atom. The van der Waals surface area contributed by atoms with Gasteiger partial charge in [-0.25, -0.2) is 4.39 Å². The van der Waals surface area contributed by atoms with Gasteiger partial charge in [0, 0.05) is 22.7 Å². The predicted molar refractivity (Wildman–Crippen MR) is 75.0 cm³/mol. The third-order valence-electron chi connectivity index (χ3n) is 2.96. The monoisotopic (exact) mass is 277 g/mol. The van der Waals surface area contributed by atoms with E-state index < -0.39 is 5.82 Å². The van der Waals surface area contributed by atoms with Crippen LogP contribution >= 0.6 is 11.6 Å². The summed E-state index contributed by atoms with van der Waals surface area (Å²) in [5.41, 5.74) is 8.40. The lowest BCUT2D eigenvalue weighted by Gasteiger charge is -2.06. The summed E-state index contributed by atoms with van der Waals surface area (Å²) < 4.78 is 12.9. The number of carbonyl (C=O) groups is 1. The van der Waals surface area contributed by atoms with E-state index in [-0.39, 0.29) is 17.2 Å². The molecule has 0 spiro atoms. The normalized spacial score (nSPS) is 10.5. The van der Waals surface area contributed by atoms with E-state index in [0.29, 0.717) is 16.8 Å². The highest BCUT2D eigenvalue weighted by Crippen LogP contribution is 2.20. The number of anilines is 1. The second kappa shape index (κ2) is 5.41. The van der Waals surface area contributed by atoms with Crippen LogP contribution in [0.1, 0.15) is 21.5 Å². The number of ketones is 1. The molecule has 0 aliphatic rings. The number of benzene rings is 2. The van der Waals surface area contributed by atoms with Crippen molar-refractivity contribution in [3.8, 4) is 0 Å². The molecule has 98 valence electrons. The van der Waals surface area contributed by atoms with Crippen LogP contribution in [0.4, 0.5) is 10.1 Å². The van der Waals surface area contributed by atoms with Gasteiger partial charge in [0.1, 0.15) is 5.82 Å². The van der Waals surface area contributed by atoms with Crippen molar-refractivity contribution in [2.24, 2.45) is 0 Å². The van der Waals surface area contributed by atoms with E-state index in [1.807, 2.05) is 6.92 Å². The van der Waals surface area contributed by atoms with Crippen molar-refractivity contribution >= 4 is 23.1 Å². The van der Waals surface area contributed by atoms with Crippen molar-refractivity contribution < 1.29 is 9.18 Å². The number of aryl methyl sites for hydroxylation is 1. The van der Waals surface area contributed by atoms with E-state index in [9.17, 15) is 9.18 Å². The molecule has 0 aliphatic heterocycles. The molecule has 4 heteroatoms. The van der Waals surface area contributed by atoms with Gasteiger partial charge in [0.25, 0.3) is 0 Å². The van der Waals surface area contributed by atoms with Crippen LogP contribution in [0.2, 0.25) is 5.02 Å². The van der Waals surface area contributed by atoms with Gasteiger partial charge in [0.05, 0.1) is 0 Å². The third kappa shape index (κ3) is 3.12. The molecule has 0 heterocycles. The second-order valence-corrected chi connectivity index (χ2v) is 4.81. The Bertz CT molecular complexity index is 640. The zero-order valence-corrected chi connectivity index (χ0v) is 11.2. The molecular formula is C15H13ClFNO. The minimum absolute atomic E-state index is 0.0726. The molecule has 0 bridgehead atoms. The molecule has 2 aromatic rings. The first kappa shape index (κ1) is 13.6. The Labute approximate surface area is 116 Å². The zero-order valence-electron chi connectivity index (χ0n) is 10.4. The van der Waals surface area contributed by atoms with Crippen LogP contribution < -0.4 is 5.73 Å². The van der Waals surface area contributed by atoms with Gasteiger partial charge in [0.2, 0.25) is 0 Å². The van der Waals surface area contributed by atoms with Crippen LogP contribution in [-0.2, 0) is 6.42 Å². The summed E-state index contributed by atoms with van der Waals surface area (Å²) in [6.45, 7) is 1.84. The summed E-state index contributed by atoms with van der Waals surface area (Å²) in [5, 5.41) is 0.264. The number of Topliss-reactive ketones (excluding diaryl/α,β-unsaturated/α-hetero) is 1. The molecule has 0 unspecified atom stereocenters. The fourth-order valence-electron chi connectivity index (χ4n) is 1.79. The van der Waals surface area contributed by atoms with Crippen molar-refractivity contribution in [2.75, 3.05) is 5.73 Å². The Kier molecular flexibility index (Phi) is 3.86.